The molecule has 0 aromatic heterocycles. The molecule has 1 saturated carbocycles. The summed E-state index contributed by atoms with van der Waals surface area (Å²) >= 11 is 0. The predicted molar refractivity (Wildman–Crippen MR) is 150 cm³/mol. The molecule has 0 aliphatic heterocycles. The van der Waals surface area contributed by atoms with Crippen LogP contribution in [0.3, 0.4) is 0 Å². The third-order valence-corrected chi connectivity index (χ3v) is 9.34. The van der Waals surface area contributed by atoms with Crippen LogP contribution in [0.5, 0.6) is 0 Å². The van der Waals surface area contributed by atoms with Crippen molar-refractivity contribution in [3.05, 3.63) is 0 Å². The van der Waals surface area contributed by atoms with Gasteiger partial charge in [-0.15, -0.1) is 0 Å². The van der Waals surface area contributed by atoms with Gasteiger partial charge in [0.2, 0.25) is 8.32 Å². The summed E-state index contributed by atoms with van der Waals surface area (Å²) in [5, 5.41) is 0. The van der Waals surface area contributed by atoms with Crippen LogP contribution in [-0.4, -0.2) is 72.0 Å². The Kier molecular flexibility index (Phi) is 10.3. The van der Waals surface area contributed by atoms with Crippen LogP contribution >= 0.6 is 0 Å². The first-order chi connectivity index (χ1) is 14.4. The van der Waals surface area contributed by atoms with E-state index in [0.717, 1.165) is 0 Å². The van der Waals surface area contributed by atoms with Gasteiger partial charge in [-0.1, -0.05) is 0 Å². The van der Waals surface area contributed by atoms with Crippen LogP contribution in [0.4, 0.5) is 0 Å². The van der Waals surface area contributed by atoms with Crippen molar-refractivity contribution < 1.29 is 26.9 Å². The average Bonchev–Trinajstić information content (AvgIpc) is 2.45. The molecule has 6 nitrogen and oxygen atoms in total. The van der Waals surface area contributed by atoms with Gasteiger partial charge in [-0.05, 0) is 105 Å². The van der Waals surface area contributed by atoms with Crippen molar-refractivity contribution in [1.29, 1.82) is 0 Å². The molecule has 0 aromatic rings. The van der Waals surface area contributed by atoms with Crippen molar-refractivity contribution in [3.63, 3.8) is 0 Å². The Morgan fingerprint density at radius 1 is 0.515 bits per heavy atom. The third kappa shape index (κ3) is 12.3. The Balaban J connectivity index is 3.62. The Morgan fingerprint density at radius 3 is 1.24 bits per heavy atom. The van der Waals surface area contributed by atoms with Crippen molar-refractivity contribution in [2.45, 2.75) is 129 Å². The number of hydrogen-bond acceptors (Lipinski definition) is 6. The quantitative estimate of drug-likeness (QED) is 0.298. The standard InChI is InChI=1S/C22H52O6Si5/c1-29(2,3)24-18-16-17(22(23)28-33(13,14)15)19(25-30(4,5)6)21(27-32(10,11)12)20(18)26-31(7,8)9/h17-21H,16H2,1-15H3. The van der Waals surface area contributed by atoms with Crippen LogP contribution in [0.2, 0.25) is 98.2 Å². The molecule has 5 unspecified atom stereocenters. The molecule has 0 radical (unpaired) electrons. The fourth-order valence-electron chi connectivity index (χ4n) is 3.97. The normalized spacial score (nSPS) is 28.0. The number of carbonyl (C=O) groups is 1. The summed E-state index contributed by atoms with van der Waals surface area (Å²) in [6, 6.07) is 0. The van der Waals surface area contributed by atoms with Gasteiger partial charge in [-0.25, -0.2) is 0 Å². The van der Waals surface area contributed by atoms with Crippen LogP contribution in [0.15, 0.2) is 0 Å². The molecule has 1 fully saturated rings. The molecule has 0 spiro atoms. The zero-order chi connectivity index (χ0) is 26.2. The largest absolute Gasteiger partial charge is 0.520 e. The number of hydrogen-bond donors (Lipinski definition) is 0. The Labute approximate surface area is 209 Å². The molecule has 0 aromatic carbocycles. The van der Waals surface area contributed by atoms with Crippen LogP contribution in [0, 0.1) is 5.92 Å². The van der Waals surface area contributed by atoms with Crippen LogP contribution in [-0.2, 0) is 26.9 Å². The van der Waals surface area contributed by atoms with E-state index in [-0.39, 0.29) is 24.3 Å². The third-order valence-electron chi connectivity index (χ3n) is 4.58. The van der Waals surface area contributed by atoms with Gasteiger partial charge in [-0.3, -0.25) is 4.79 Å². The van der Waals surface area contributed by atoms with Crippen molar-refractivity contribution in [3.8, 4) is 0 Å². The summed E-state index contributed by atoms with van der Waals surface area (Å²) in [5.41, 5.74) is 0. The van der Waals surface area contributed by atoms with Gasteiger partial charge >= 0.3 is 0 Å². The Hall–Kier alpha value is 0.394. The highest BCUT2D eigenvalue weighted by atomic mass is 28.4. The molecule has 1 aliphatic rings. The molecule has 0 amide bonds. The molecule has 0 saturated heterocycles. The number of carbonyl (C=O) groups excluding carboxylic acids is 1. The first-order valence-corrected chi connectivity index (χ1v) is 29.4. The molecular formula is C22H52O6Si5. The van der Waals surface area contributed by atoms with Crippen LogP contribution in [0.1, 0.15) is 6.42 Å². The summed E-state index contributed by atoms with van der Waals surface area (Å²) in [4.78, 5) is 13.6. The topological polar surface area (TPSA) is 63.2 Å². The second kappa shape index (κ2) is 10.8. The summed E-state index contributed by atoms with van der Waals surface area (Å²) in [6.45, 7) is 32.3. The van der Waals surface area contributed by atoms with Gasteiger partial charge in [-0.2, -0.15) is 0 Å². The van der Waals surface area contributed by atoms with Crippen molar-refractivity contribution >= 4 is 47.6 Å². The van der Waals surface area contributed by atoms with E-state index in [0.29, 0.717) is 6.42 Å². The maximum atomic E-state index is 13.6. The van der Waals surface area contributed by atoms with E-state index in [2.05, 4.69) is 78.6 Å². The van der Waals surface area contributed by atoms with Crippen LogP contribution < -0.4 is 0 Å². The average molecular weight is 553 g/mol. The molecule has 5 atom stereocenters. The maximum absolute atomic E-state index is 13.6. The molecule has 1 aliphatic carbocycles. The molecule has 1 rings (SSSR count). The molecule has 33 heavy (non-hydrogen) atoms. The molecular weight excluding hydrogens is 501 g/mol. The highest BCUT2D eigenvalue weighted by molar-refractivity contribution is 6.72. The molecule has 11 heteroatoms. The van der Waals surface area contributed by atoms with Gasteiger partial charge in [0.1, 0.15) is 0 Å². The van der Waals surface area contributed by atoms with E-state index in [9.17, 15) is 4.79 Å². The fraction of sp³-hybridized carbons (Fsp3) is 0.955. The SMILES string of the molecule is C[Si](C)(C)OC(=O)C1CC(O[Si](C)(C)C)C(O[Si](C)(C)C)C(O[Si](C)(C)C)C1O[Si](C)(C)C. The zero-order valence-electron chi connectivity index (χ0n) is 24.0. The second-order valence-electron chi connectivity index (χ2n) is 14.2. The molecule has 196 valence electrons. The zero-order valence-corrected chi connectivity index (χ0v) is 29.0. The minimum Gasteiger partial charge on any atom is -0.520 e. The Morgan fingerprint density at radius 2 is 0.879 bits per heavy atom. The van der Waals surface area contributed by atoms with Gasteiger partial charge in [0.15, 0.2) is 33.3 Å². The lowest BCUT2D eigenvalue weighted by atomic mass is 9.81. The van der Waals surface area contributed by atoms with E-state index < -0.39 is 53.6 Å². The smallest absolute Gasteiger partial charge is 0.298 e. The lowest BCUT2D eigenvalue weighted by molar-refractivity contribution is -0.165. The first kappa shape index (κ1) is 31.4. The maximum Gasteiger partial charge on any atom is 0.298 e. The van der Waals surface area contributed by atoms with E-state index in [1.165, 1.54) is 0 Å². The van der Waals surface area contributed by atoms with E-state index in [4.69, 9.17) is 22.1 Å². The van der Waals surface area contributed by atoms with Crippen molar-refractivity contribution in [2.75, 3.05) is 0 Å². The summed E-state index contributed by atoms with van der Waals surface area (Å²) in [7, 11) is -9.92. The van der Waals surface area contributed by atoms with Crippen LogP contribution in [0.25, 0.3) is 0 Å². The number of rotatable bonds is 10. The van der Waals surface area contributed by atoms with Crippen molar-refractivity contribution in [1.82, 2.24) is 0 Å². The molecule has 0 bridgehead atoms. The summed E-state index contributed by atoms with van der Waals surface area (Å²) < 4.78 is 33.1. The van der Waals surface area contributed by atoms with Gasteiger partial charge in [0, 0.05) is 0 Å². The van der Waals surface area contributed by atoms with Gasteiger partial charge in [0.05, 0.1) is 30.3 Å². The minimum absolute atomic E-state index is 0.169. The van der Waals surface area contributed by atoms with Crippen molar-refractivity contribution in [2.24, 2.45) is 5.92 Å². The van der Waals surface area contributed by atoms with Gasteiger partial charge < -0.3 is 22.1 Å². The highest BCUT2D eigenvalue weighted by Gasteiger charge is 2.54. The van der Waals surface area contributed by atoms with E-state index in [1.54, 1.807) is 0 Å². The monoisotopic (exact) mass is 552 g/mol. The minimum atomic E-state index is -2.07. The Bertz CT molecular complexity index is 655. The lowest BCUT2D eigenvalue weighted by Gasteiger charge is -2.51. The van der Waals surface area contributed by atoms with E-state index >= 15 is 0 Å². The predicted octanol–water partition coefficient (Wildman–Crippen LogP) is 6.26. The molecule has 0 N–H and O–H groups in total. The molecule has 0 heterocycles. The van der Waals surface area contributed by atoms with E-state index in [1.807, 2.05) is 19.6 Å². The lowest BCUT2D eigenvalue weighted by Crippen LogP contribution is -2.65. The summed E-state index contributed by atoms with van der Waals surface area (Å²) in [5.74, 6) is -0.593. The highest BCUT2D eigenvalue weighted by Crippen LogP contribution is 2.39. The summed E-state index contributed by atoms with van der Waals surface area (Å²) in [6.07, 6.45) is -0.680. The fourth-order valence-corrected chi connectivity index (χ4v) is 9.17. The second-order valence-corrected chi connectivity index (χ2v) is 36.5. The first-order valence-electron chi connectivity index (χ1n) is 12.3. The van der Waals surface area contributed by atoms with Gasteiger partial charge in [0.25, 0.3) is 5.97 Å².